The highest BCUT2D eigenvalue weighted by atomic mass is 19.1. The molecule has 0 radical (unpaired) electrons. The zero-order valence-electron chi connectivity index (χ0n) is 11.7. The van der Waals surface area contributed by atoms with Gasteiger partial charge in [0.1, 0.15) is 11.6 Å². The number of benzene rings is 1. The third-order valence-electron chi connectivity index (χ3n) is 2.86. The second-order valence-electron chi connectivity index (χ2n) is 4.94. The Morgan fingerprint density at radius 1 is 1.37 bits per heavy atom. The molecule has 0 atom stereocenters. The first-order valence-electron chi connectivity index (χ1n) is 6.02. The van der Waals surface area contributed by atoms with Crippen molar-refractivity contribution in [1.29, 1.82) is 0 Å². The summed E-state index contributed by atoms with van der Waals surface area (Å²) < 4.78 is 23.0. The van der Waals surface area contributed by atoms with Crippen molar-refractivity contribution in [2.45, 2.75) is 20.4 Å². The Morgan fingerprint density at radius 3 is 2.63 bits per heavy atom. The molecule has 106 valence electrons. The third kappa shape index (κ3) is 4.21. The molecule has 0 spiro atoms. The molecule has 0 saturated carbocycles. The smallest absolute Gasteiger partial charge is 0.312 e. The Balaban J connectivity index is 2.63. The average molecular weight is 269 g/mol. The summed E-state index contributed by atoms with van der Waals surface area (Å²) in [5, 5.41) is 3.11. The first kappa shape index (κ1) is 15.4. The van der Waals surface area contributed by atoms with Gasteiger partial charge in [-0.1, -0.05) is 0 Å². The highest BCUT2D eigenvalue weighted by molar-refractivity contribution is 5.76. The summed E-state index contributed by atoms with van der Waals surface area (Å²) >= 11 is 0. The molecule has 0 aromatic heterocycles. The van der Waals surface area contributed by atoms with Gasteiger partial charge in [0, 0.05) is 18.7 Å². The van der Waals surface area contributed by atoms with Crippen LogP contribution in [0.2, 0.25) is 0 Å². The van der Waals surface area contributed by atoms with E-state index in [0.717, 1.165) is 0 Å². The van der Waals surface area contributed by atoms with Gasteiger partial charge in [-0.2, -0.15) is 0 Å². The number of methoxy groups -OCH3 is 2. The van der Waals surface area contributed by atoms with E-state index in [0.29, 0.717) is 24.4 Å². The Hall–Kier alpha value is -1.62. The molecule has 0 unspecified atom stereocenters. The molecule has 0 aliphatic rings. The fourth-order valence-electron chi connectivity index (χ4n) is 1.74. The molecule has 0 aliphatic carbocycles. The van der Waals surface area contributed by atoms with Crippen LogP contribution in [0, 0.1) is 11.2 Å². The fraction of sp³-hybridized carbons (Fsp3) is 0.500. The maximum absolute atomic E-state index is 13.2. The fourth-order valence-corrected chi connectivity index (χ4v) is 1.74. The lowest BCUT2D eigenvalue weighted by molar-refractivity contribution is -0.150. The molecule has 0 saturated heterocycles. The summed E-state index contributed by atoms with van der Waals surface area (Å²) in [6.45, 7) is 4.42. The second-order valence-corrected chi connectivity index (χ2v) is 4.94. The Morgan fingerprint density at radius 2 is 2.05 bits per heavy atom. The average Bonchev–Trinajstić information content (AvgIpc) is 2.37. The minimum atomic E-state index is -0.630. The van der Waals surface area contributed by atoms with Crippen molar-refractivity contribution in [2.75, 3.05) is 20.8 Å². The van der Waals surface area contributed by atoms with E-state index in [1.807, 2.05) is 0 Å². The topological polar surface area (TPSA) is 47.6 Å². The summed E-state index contributed by atoms with van der Waals surface area (Å²) in [5.74, 6) is 0.0146. The van der Waals surface area contributed by atoms with Crippen molar-refractivity contribution in [2.24, 2.45) is 5.41 Å². The van der Waals surface area contributed by atoms with Gasteiger partial charge >= 0.3 is 5.97 Å². The number of hydrogen-bond donors (Lipinski definition) is 1. The zero-order chi connectivity index (χ0) is 14.5. The van der Waals surface area contributed by atoms with E-state index in [1.54, 1.807) is 19.9 Å². The minimum Gasteiger partial charge on any atom is -0.496 e. The van der Waals surface area contributed by atoms with E-state index in [-0.39, 0.29) is 11.8 Å². The van der Waals surface area contributed by atoms with Crippen molar-refractivity contribution in [1.82, 2.24) is 5.32 Å². The molecule has 0 amide bonds. The first-order valence-corrected chi connectivity index (χ1v) is 6.02. The maximum Gasteiger partial charge on any atom is 0.312 e. The van der Waals surface area contributed by atoms with Crippen molar-refractivity contribution in [3.8, 4) is 5.75 Å². The van der Waals surface area contributed by atoms with Crippen LogP contribution in [0.15, 0.2) is 18.2 Å². The molecular formula is C14H20FNO3. The SMILES string of the molecule is COC(=O)C(C)(C)CNCc1cc(F)ccc1OC. The quantitative estimate of drug-likeness (QED) is 0.804. The monoisotopic (exact) mass is 269 g/mol. The molecule has 0 aliphatic heterocycles. The number of carbonyl (C=O) groups is 1. The second kappa shape index (κ2) is 6.52. The number of rotatable bonds is 6. The molecule has 0 fully saturated rings. The Kier molecular flexibility index (Phi) is 5.30. The lowest BCUT2D eigenvalue weighted by Gasteiger charge is -2.22. The van der Waals surface area contributed by atoms with Crippen molar-refractivity contribution in [3.05, 3.63) is 29.6 Å². The molecule has 19 heavy (non-hydrogen) atoms. The predicted octanol–water partition coefficient (Wildman–Crippen LogP) is 2.12. The number of nitrogens with one attached hydrogen (secondary N) is 1. The van der Waals surface area contributed by atoms with Crippen LogP contribution in [0.5, 0.6) is 5.75 Å². The predicted molar refractivity (Wildman–Crippen MR) is 70.5 cm³/mol. The molecule has 1 aromatic carbocycles. The van der Waals surface area contributed by atoms with Gasteiger partial charge in [-0.05, 0) is 32.0 Å². The van der Waals surface area contributed by atoms with E-state index in [9.17, 15) is 9.18 Å². The van der Waals surface area contributed by atoms with Crippen LogP contribution in [0.1, 0.15) is 19.4 Å². The normalized spacial score (nSPS) is 11.2. The standard InChI is InChI=1S/C14H20FNO3/c1-14(2,13(17)19-4)9-16-8-10-7-11(15)5-6-12(10)18-3/h5-7,16H,8-9H2,1-4H3. The van der Waals surface area contributed by atoms with Crippen LogP contribution in [0.25, 0.3) is 0 Å². The van der Waals surface area contributed by atoms with E-state index in [1.165, 1.54) is 26.4 Å². The van der Waals surface area contributed by atoms with Gasteiger partial charge in [0.05, 0.1) is 19.6 Å². The Labute approximate surface area is 112 Å². The highest BCUT2D eigenvalue weighted by Gasteiger charge is 2.28. The molecule has 0 bridgehead atoms. The third-order valence-corrected chi connectivity index (χ3v) is 2.86. The minimum absolute atomic E-state index is 0.286. The Bertz CT molecular complexity index is 446. The van der Waals surface area contributed by atoms with Crippen LogP contribution in [-0.4, -0.2) is 26.7 Å². The lowest BCUT2D eigenvalue weighted by atomic mass is 9.93. The van der Waals surface area contributed by atoms with Crippen LogP contribution >= 0.6 is 0 Å². The van der Waals surface area contributed by atoms with Crippen LogP contribution in [0.4, 0.5) is 4.39 Å². The molecule has 1 N–H and O–H groups in total. The van der Waals surface area contributed by atoms with Crippen molar-refractivity contribution in [3.63, 3.8) is 0 Å². The van der Waals surface area contributed by atoms with Gasteiger partial charge in [0.15, 0.2) is 0 Å². The van der Waals surface area contributed by atoms with Crippen molar-refractivity contribution < 1.29 is 18.7 Å². The summed E-state index contributed by atoms with van der Waals surface area (Å²) in [5.41, 5.74) is 0.0816. The van der Waals surface area contributed by atoms with Crippen molar-refractivity contribution >= 4 is 5.97 Å². The summed E-state index contributed by atoms with van der Waals surface area (Å²) in [6, 6.07) is 4.34. The zero-order valence-corrected chi connectivity index (χ0v) is 11.7. The van der Waals surface area contributed by atoms with Gasteiger partial charge in [-0.15, -0.1) is 0 Å². The number of ether oxygens (including phenoxy) is 2. The van der Waals surface area contributed by atoms with Crippen LogP contribution in [0.3, 0.4) is 0 Å². The van der Waals surface area contributed by atoms with Crippen LogP contribution in [-0.2, 0) is 16.1 Å². The summed E-state index contributed by atoms with van der Waals surface area (Å²) in [6.07, 6.45) is 0. The van der Waals surface area contributed by atoms with E-state index in [2.05, 4.69) is 5.32 Å². The van der Waals surface area contributed by atoms with Gasteiger partial charge in [0.2, 0.25) is 0 Å². The van der Waals surface area contributed by atoms with Gasteiger partial charge in [-0.3, -0.25) is 4.79 Å². The van der Waals surface area contributed by atoms with E-state index >= 15 is 0 Å². The number of halogens is 1. The van der Waals surface area contributed by atoms with E-state index in [4.69, 9.17) is 9.47 Å². The lowest BCUT2D eigenvalue weighted by Crippen LogP contribution is -2.36. The largest absolute Gasteiger partial charge is 0.496 e. The van der Waals surface area contributed by atoms with Gasteiger partial charge in [0.25, 0.3) is 0 Å². The number of esters is 1. The summed E-state index contributed by atoms with van der Waals surface area (Å²) in [4.78, 5) is 11.5. The molecule has 0 heterocycles. The maximum atomic E-state index is 13.2. The molecule has 4 nitrogen and oxygen atoms in total. The molecule has 1 aromatic rings. The first-order chi connectivity index (χ1) is 8.90. The van der Waals surface area contributed by atoms with Gasteiger partial charge in [-0.25, -0.2) is 4.39 Å². The molecule has 5 heteroatoms. The van der Waals surface area contributed by atoms with Gasteiger partial charge < -0.3 is 14.8 Å². The highest BCUT2D eigenvalue weighted by Crippen LogP contribution is 2.20. The number of carbonyl (C=O) groups excluding carboxylic acids is 1. The molecular weight excluding hydrogens is 249 g/mol. The molecule has 1 rings (SSSR count). The summed E-state index contributed by atoms with van der Waals surface area (Å²) in [7, 11) is 2.90. The van der Waals surface area contributed by atoms with E-state index < -0.39 is 5.41 Å². The van der Waals surface area contributed by atoms with Crippen LogP contribution < -0.4 is 10.1 Å². The number of hydrogen-bond acceptors (Lipinski definition) is 4.